The van der Waals surface area contributed by atoms with Crippen molar-refractivity contribution in [2.24, 2.45) is 0 Å². The number of rotatable bonds is 9. The standard InChI is InChI=1S/C35H36FN5O6/c1-35(2,3)47-34(43)41-14-12-40(13-15-41)21-23-7-5-8-24(17-23)27-19-29(26-11-10-25(36)18-31(26)46-22-44-4)38-32(28(27)20-37)39-33(42)30-9-6-16-45-30/h5-11,16-19H,12-15,21-22H2,1-4H3,(H,38,39,42). The lowest BCUT2D eigenvalue weighted by Crippen LogP contribution is -2.49. The lowest BCUT2D eigenvalue weighted by Gasteiger charge is -2.35. The van der Waals surface area contributed by atoms with Gasteiger partial charge in [0.25, 0.3) is 5.91 Å². The fourth-order valence-corrected chi connectivity index (χ4v) is 5.15. The van der Waals surface area contributed by atoms with Gasteiger partial charge in [0.2, 0.25) is 0 Å². The lowest BCUT2D eigenvalue weighted by atomic mass is 9.96. The van der Waals surface area contributed by atoms with E-state index in [0.717, 1.165) is 5.56 Å². The fraction of sp³-hybridized carbons (Fsp3) is 0.314. The van der Waals surface area contributed by atoms with Crippen molar-refractivity contribution in [3.05, 3.63) is 89.6 Å². The fourth-order valence-electron chi connectivity index (χ4n) is 5.15. The third kappa shape index (κ3) is 8.32. The van der Waals surface area contributed by atoms with Gasteiger partial charge in [-0.05, 0) is 68.3 Å². The number of aromatic nitrogens is 1. The summed E-state index contributed by atoms with van der Waals surface area (Å²) in [7, 11) is 1.45. The Kier molecular flexibility index (Phi) is 10.2. The number of piperazine rings is 1. The number of benzene rings is 2. The summed E-state index contributed by atoms with van der Waals surface area (Å²) in [6.45, 7) is 8.47. The summed E-state index contributed by atoms with van der Waals surface area (Å²) in [6.07, 6.45) is 1.06. The topological polar surface area (TPSA) is 130 Å². The Morgan fingerprint density at radius 1 is 1.04 bits per heavy atom. The van der Waals surface area contributed by atoms with Crippen molar-refractivity contribution < 1.29 is 32.6 Å². The van der Waals surface area contributed by atoms with Crippen LogP contribution in [-0.2, 0) is 16.0 Å². The second kappa shape index (κ2) is 14.5. The van der Waals surface area contributed by atoms with Crippen molar-refractivity contribution >= 4 is 17.8 Å². The number of ether oxygens (including phenoxy) is 3. The first kappa shape index (κ1) is 33.1. The molecule has 1 N–H and O–H groups in total. The maximum Gasteiger partial charge on any atom is 0.410 e. The molecule has 0 bridgehead atoms. The maximum atomic E-state index is 14.2. The summed E-state index contributed by atoms with van der Waals surface area (Å²) < 4.78 is 35.7. The average Bonchev–Trinajstić information content (AvgIpc) is 3.59. The van der Waals surface area contributed by atoms with Crippen LogP contribution in [0.3, 0.4) is 0 Å². The summed E-state index contributed by atoms with van der Waals surface area (Å²) in [5.74, 6) is -0.872. The van der Waals surface area contributed by atoms with Gasteiger partial charge in [-0.1, -0.05) is 18.2 Å². The third-order valence-electron chi connectivity index (χ3n) is 7.33. The van der Waals surface area contributed by atoms with Crippen LogP contribution in [0.1, 0.15) is 42.5 Å². The van der Waals surface area contributed by atoms with Crippen LogP contribution in [0.15, 0.2) is 71.3 Å². The molecule has 2 aromatic heterocycles. The summed E-state index contributed by atoms with van der Waals surface area (Å²) in [6, 6.07) is 18.8. The first-order valence-electron chi connectivity index (χ1n) is 15.1. The van der Waals surface area contributed by atoms with E-state index in [4.69, 9.17) is 18.6 Å². The number of halogens is 1. The van der Waals surface area contributed by atoms with Gasteiger partial charge in [0.15, 0.2) is 18.4 Å². The minimum atomic E-state index is -0.587. The Morgan fingerprint density at radius 2 is 1.83 bits per heavy atom. The van der Waals surface area contributed by atoms with E-state index in [1.807, 2.05) is 45.0 Å². The van der Waals surface area contributed by atoms with E-state index in [-0.39, 0.29) is 35.8 Å². The van der Waals surface area contributed by atoms with Gasteiger partial charge in [0.1, 0.15) is 28.8 Å². The predicted octanol–water partition coefficient (Wildman–Crippen LogP) is 6.31. The zero-order chi connectivity index (χ0) is 33.6. The van der Waals surface area contributed by atoms with E-state index in [9.17, 15) is 19.2 Å². The first-order chi connectivity index (χ1) is 22.5. The highest BCUT2D eigenvalue weighted by Gasteiger charge is 2.26. The third-order valence-corrected chi connectivity index (χ3v) is 7.33. The molecule has 1 saturated heterocycles. The molecule has 0 spiro atoms. The predicted molar refractivity (Wildman–Crippen MR) is 172 cm³/mol. The van der Waals surface area contributed by atoms with Crippen LogP contribution in [0.5, 0.6) is 5.75 Å². The van der Waals surface area contributed by atoms with E-state index in [0.29, 0.717) is 55.1 Å². The van der Waals surface area contributed by atoms with E-state index in [1.165, 1.54) is 37.6 Å². The van der Waals surface area contributed by atoms with Crippen molar-refractivity contribution in [1.82, 2.24) is 14.8 Å². The van der Waals surface area contributed by atoms with Gasteiger partial charge in [-0.25, -0.2) is 14.2 Å². The number of hydrogen-bond acceptors (Lipinski definition) is 9. The number of nitriles is 1. The molecule has 2 aromatic carbocycles. The van der Waals surface area contributed by atoms with Crippen LogP contribution in [0.2, 0.25) is 0 Å². The molecule has 11 nitrogen and oxygen atoms in total. The number of amides is 2. The van der Waals surface area contributed by atoms with Crippen LogP contribution >= 0.6 is 0 Å². The molecule has 0 atom stereocenters. The quantitative estimate of drug-likeness (QED) is 0.209. The van der Waals surface area contributed by atoms with Crippen molar-refractivity contribution in [2.45, 2.75) is 32.9 Å². The van der Waals surface area contributed by atoms with Crippen molar-refractivity contribution in [3.8, 4) is 34.2 Å². The SMILES string of the molecule is COCOc1cc(F)ccc1-c1cc(-c2cccc(CN3CCN(C(=O)OC(C)(C)C)CC3)c2)c(C#N)c(NC(=O)c2ccco2)n1. The number of methoxy groups -OCH3 is 1. The molecule has 1 aliphatic rings. The summed E-state index contributed by atoms with van der Waals surface area (Å²) in [4.78, 5) is 34.1. The summed E-state index contributed by atoms with van der Waals surface area (Å²) >= 11 is 0. The number of furan rings is 1. The van der Waals surface area contributed by atoms with Gasteiger partial charge in [0, 0.05) is 57.0 Å². The summed E-state index contributed by atoms with van der Waals surface area (Å²) in [5, 5.41) is 13.0. The molecule has 1 fully saturated rings. The normalized spacial score (nSPS) is 13.6. The molecule has 47 heavy (non-hydrogen) atoms. The zero-order valence-corrected chi connectivity index (χ0v) is 26.7. The van der Waals surface area contributed by atoms with Gasteiger partial charge in [0.05, 0.1) is 12.0 Å². The van der Waals surface area contributed by atoms with Crippen LogP contribution in [0, 0.1) is 17.1 Å². The van der Waals surface area contributed by atoms with Gasteiger partial charge in [-0.15, -0.1) is 0 Å². The van der Waals surface area contributed by atoms with Crippen LogP contribution < -0.4 is 10.1 Å². The number of carbonyl (C=O) groups is 2. The van der Waals surface area contributed by atoms with Crippen molar-refractivity contribution in [3.63, 3.8) is 0 Å². The molecule has 5 rings (SSSR count). The average molecular weight is 642 g/mol. The first-order valence-corrected chi connectivity index (χ1v) is 15.1. The number of pyridine rings is 1. The number of carbonyl (C=O) groups excluding carboxylic acids is 2. The molecule has 244 valence electrons. The van der Waals surface area contributed by atoms with Crippen LogP contribution in [0.4, 0.5) is 15.0 Å². The second-order valence-corrected chi connectivity index (χ2v) is 12.0. The molecule has 0 radical (unpaired) electrons. The van der Waals surface area contributed by atoms with Crippen LogP contribution in [-0.4, -0.2) is 72.5 Å². The van der Waals surface area contributed by atoms with E-state index < -0.39 is 17.3 Å². The van der Waals surface area contributed by atoms with Crippen molar-refractivity contribution in [1.29, 1.82) is 5.26 Å². The van der Waals surface area contributed by atoms with E-state index >= 15 is 0 Å². The highest BCUT2D eigenvalue weighted by molar-refractivity contribution is 6.03. The highest BCUT2D eigenvalue weighted by Crippen LogP contribution is 2.37. The molecule has 0 unspecified atom stereocenters. The van der Waals surface area contributed by atoms with Gasteiger partial charge in [-0.2, -0.15) is 5.26 Å². The van der Waals surface area contributed by atoms with E-state index in [2.05, 4.69) is 21.3 Å². The molecule has 0 saturated carbocycles. The Balaban J connectivity index is 1.47. The molecule has 2 amide bonds. The van der Waals surface area contributed by atoms with Gasteiger partial charge >= 0.3 is 6.09 Å². The van der Waals surface area contributed by atoms with Crippen LogP contribution in [0.25, 0.3) is 22.4 Å². The Morgan fingerprint density at radius 3 is 2.51 bits per heavy atom. The molecule has 1 aliphatic heterocycles. The molecular weight excluding hydrogens is 605 g/mol. The largest absolute Gasteiger partial charge is 0.467 e. The van der Waals surface area contributed by atoms with E-state index in [1.54, 1.807) is 17.0 Å². The minimum Gasteiger partial charge on any atom is -0.467 e. The minimum absolute atomic E-state index is 0.00656. The number of nitrogens with one attached hydrogen (secondary N) is 1. The lowest BCUT2D eigenvalue weighted by molar-refractivity contribution is 0.0139. The molecular formula is C35H36FN5O6. The smallest absolute Gasteiger partial charge is 0.410 e. The second-order valence-electron chi connectivity index (χ2n) is 12.0. The Bertz CT molecular complexity index is 1770. The molecule has 0 aliphatic carbocycles. The Labute approximate surface area is 272 Å². The van der Waals surface area contributed by atoms with Gasteiger partial charge in [-0.3, -0.25) is 9.69 Å². The monoisotopic (exact) mass is 641 g/mol. The Hall–Kier alpha value is -5.25. The molecule has 4 aromatic rings. The van der Waals surface area contributed by atoms with Gasteiger partial charge < -0.3 is 28.8 Å². The number of hydrogen-bond donors (Lipinski definition) is 1. The maximum absolute atomic E-state index is 14.2. The molecule has 12 heteroatoms. The number of nitrogens with zero attached hydrogens (tertiary/aromatic N) is 4. The zero-order valence-electron chi connectivity index (χ0n) is 26.7. The summed E-state index contributed by atoms with van der Waals surface area (Å²) in [5.41, 5.74) is 2.56. The molecule has 3 heterocycles. The number of anilines is 1. The highest BCUT2D eigenvalue weighted by atomic mass is 19.1. The van der Waals surface area contributed by atoms with Crippen molar-refractivity contribution in [2.75, 3.05) is 45.4 Å².